The van der Waals surface area contributed by atoms with Gasteiger partial charge in [-0.2, -0.15) is 0 Å². The second kappa shape index (κ2) is 8.70. The number of anilines is 1. The van der Waals surface area contributed by atoms with Crippen LogP contribution in [0.2, 0.25) is 0 Å². The predicted molar refractivity (Wildman–Crippen MR) is 86.8 cm³/mol. The van der Waals surface area contributed by atoms with Crippen molar-refractivity contribution >= 4 is 11.7 Å². The maximum Gasteiger partial charge on any atom is 0.234 e. The zero-order valence-corrected chi connectivity index (χ0v) is 13.4. The maximum absolute atomic E-state index is 11.9. The number of rotatable bonds is 8. The van der Waals surface area contributed by atoms with Gasteiger partial charge >= 0.3 is 0 Å². The minimum absolute atomic E-state index is 0.0571. The molecule has 0 unspecified atom stereocenters. The number of methoxy groups -OCH3 is 1. The fourth-order valence-electron chi connectivity index (χ4n) is 2.75. The van der Waals surface area contributed by atoms with E-state index in [0.29, 0.717) is 19.1 Å². The molecule has 2 N–H and O–H groups in total. The molecule has 6 heteroatoms. The zero-order valence-electron chi connectivity index (χ0n) is 13.4. The number of ether oxygens (including phenoxy) is 1. The first-order chi connectivity index (χ1) is 10.7. The Morgan fingerprint density at radius 2 is 2.41 bits per heavy atom. The van der Waals surface area contributed by atoms with Crippen molar-refractivity contribution < 1.29 is 9.53 Å². The molecule has 2 heterocycles. The van der Waals surface area contributed by atoms with Crippen LogP contribution in [0.4, 0.5) is 5.82 Å². The molecule has 2 atom stereocenters. The molecule has 122 valence electrons. The average molecular weight is 306 g/mol. The standard InChI is InChI=1S/C16H26N4O2/c1-13(12-22-2)19-16(21)11-20-8-6-14(10-20)9-18-15-5-3-4-7-17-15/h3-5,7,13-14H,6,8-12H2,1-2H3,(H,17,18)(H,19,21)/t13-,14+/m0/s1. The van der Waals surface area contributed by atoms with E-state index in [4.69, 9.17) is 4.74 Å². The number of nitrogens with one attached hydrogen (secondary N) is 2. The van der Waals surface area contributed by atoms with Crippen molar-refractivity contribution in [2.24, 2.45) is 5.92 Å². The first-order valence-corrected chi connectivity index (χ1v) is 7.83. The number of carbonyl (C=O) groups is 1. The Kier molecular flexibility index (Phi) is 6.61. The lowest BCUT2D eigenvalue weighted by atomic mass is 10.1. The molecule has 2 rings (SSSR count). The highest BCUT2D eigenvalue weighted by Gasteiger charge is 2.24. The molecule has 0 saturated carbocycles. The molecule has 1 aromatic rings. The lowest BCUT2D eigenvalue weighted by Crippen LogP contribution is -2.42. The predicted octanol–water partition coefficient (Wildman–Crippen LogP) is 0.967. The Labute approximate surface area is 132 Å². The highest BCUT2D eigenvalue weighted by atomic mass is 16.5. The van der Waals surface area contributed by atoms with Gasteiger partial charge < -0.3 is 15.4 Å². The summed E-state index contributed by atoms with van der Waals surface area (Å²) in [5.74, 6) is 1.54. The summed E-state index contributed by atoms with van der Waals surface area (Å²) in [6.07, 6.45) is 2.90. The Hall–Kier alpha value is -1.66. The maximum atomic E-state index is 11.9. The Morgan fingerprint density at radius 3 is 3.14 bits per heavy atom. The van der Waals surface area contributed by atoms with Crippen molar-refractivity contribution in [2.75, 3.05) is 45.2 Å². The molecule has 1 aliphatic rings. The molecule has 1 aromatic heterocycles. The van der Waals surface area contributed by atoms with Crippen molar-refractivity contribution in [1.82, 2.24) is 15.2 Å². The van der Waals surface area contributed by atoms with E-state index in [1.807, 2.05) is 25.1 Å². The van der Waals surface area contributed by atoms with E-state index in [1.165, 1.54) is 0 Å². The second-order valence-corrected chi connectivity index (χ2v) is 5.91. The molecule has 22 heavy (non-hydrogen) atoms. The summed E-state index contributed by atoms with van der Waals surface area (Å²) in [4.78, 5) is 18.4. The highest BCUT2D eigenvalue weighted by molar-refractivity contribution is 5.78. The van der Waals surface area contributed by atoms with Crippen LogP contribution in [0.25, 0.3) is 0 Å². The quantitative estimate of drug-likeness (QED) is 0.749. The third kappa shape index (κ3) is 5.61. The molecule has 1 aliphatic heterocycles. The van der Waals surface area contributed by atoms with Gasteiger partial charge in [-0.25, -0.2) is 4.98 Å². The van der Waals surface area contributed by atoms with Crippen LogP contribution in [0.1, 0.15) is 13.3 Å². The second-order valence-electron chi connectivity index (χ2n) is 5.91. The van der Waals surface area contributed by atoms with Crippen LogP contribution in [-0.2, 0) is 9.53 Å². The minimum Gasteiger partial charge on any atom is -0.383 e. The number of hydrogen-bond donors (Lipinski definition) is 2. The van der Waals surface area contributed by atoms with Gasteiger partial charge in [-0.3, -0.25) is 9.69 Å². The van der Waals surface area contributed by atoms with E-state index in [9.17, 15) is 4.79 Å². The van der Waals surface area contributed by atoms with Crippen LogP contribution in [0, 0.1) is 5.92 Å². The van der Waals surface area contributed by atoms with Gasteiger partial charge in [0, 0.05) is 32.4 Å². The van der Waals surface area contributed by atoms with Gasteiger partial charge in [0.15, 0.2) is 0 Å². The van der Waals surface area contributed by atoms with E-state index in [0.717, 1.165) is 31.9 Å². The molecule has 0 aliphatic carbocycles. The summed E-state index contributed by atoms with van der Waals surface area (Å²) in [5, 5.41) is 6.30. The fraction of sp³-hybridized carbons (Fsp3) is 0.625. The van der Waals surface area contributed by atoms with E-state index in [1.54, 1.807) is 13.3 Å². The average Bonchev–Trinajstić information content (AvgIpc) is 2.93. The van der Waals surface area contributed by atoms with Gasteiger partial charge in [0.2, 0.25) is 5.91 Å². The Bertz CT molecular complexity index is 455. The number of aromatic nitrogens is 1. The van der Waals surface area contributed by atoms with Gasteiger partial charge in [0.25, 0.3) is 0 Å². The van der Waals surface area contributed by atoms with Gasteiger partial charge in [-0.15, -0.1) is 0 Å². The summed E-state index contributed by atoms with van der Waals surface area (Å²) in [5.41, 5.74) is 0. The molecule has 6 nitrogen and oxygen atoms in total. The van der Waals surface area contributed by atoms with Crippen molar-refractivity contribution in [3.63, 3.8) is 0 Å². The van der Waals surface area contributed by atoms with Gasteiger partial charge in [0.1, 0.15) is 5.82 Å². The first kappa shape index (κ1) is 16.7. The van der Waals surface area contributed by atoms with Crippen LogP contribution in [0.3, 0.4) is 0 Å². The van der Waals surface area contributed by atoms with Crippen LogP contribution in [0.15, 0.2) is 24.4 Å². The third-order valence-electron chi connectivity index (χ3n) is 3.80. The topological polar surface area (TPSA) is 66.5 Å². The molecular formula is C16H26N4O2. The number of pyridine rings is 1. The first-order valence-electron chi connectivity index (χ1n) is 7.83. The Balaban J connectivity index is 1.66. The summed E-state index contributed by atoms with van der Waals surface area (Å²) >= 11 is 0. The van der Waals surface area contributed by atoms with Crippen molar-refractivity contribution in [2.45, 2.75) is 19.4 Å². The number of carbonyl (C=O) groups excluding carboxylic acids is 1. The van der Waals surface area contributed by atoms with Gasteiger partial charge in [-0.05, 0) is 37.9 Å². The lowest BCUT2D eigenvalue weighted by molar-refractivity contribution is -0.123. The highest BCUT2D eigenvalue weighted by Crippen LogP contribution is 2.16. The summed E-state index contributed by atoms with van der Waals surface area (Å²) in [6, 6.07) is 5.91. The number of nitrogens with zero attached hydrogens (tertiary/aromatic N) is 2. The van der Waals surface area contributed by atoms with Crippen molar-refractivity contribution in [3.05, 3.63) is 24.4 Å². The van der Waals surface area contributed by atoms with Crippen molar-refractivity contribution in [3.8, 4) is 0 Å². The van der Waals surface area contributed by atoms with Crippen LogP contribution in [0.5, 0.6) is 0 Å². The van der Waals surface area contributed by atoms with E-state index in [-0.39, 0.29) is 11.9 Å². The van der Waals surface area contributed by atoms with E-state index >= 15 is 0 Å². The molecule has 0 radical (unpaired) electrons. The Morgan fingerprint density at radius 1 is 1.55 bits per heavy atom. The van der Waals surface area contributed by atoms with E-state index in [2.05, 4.69) is 20.5 Å². The summed E-state index contributed by atoms with van der Waals surface area (Å²) in [7, 11) is 1.64. The molecule has 1 fully saturated rings. The monoisotopic (exact) mass is 306 g/mol. The lowest BCUT2D eigenvalue weighted by Gasteiger charge is -2.18. The molecule has 0 spiro atoms. The van der Waals surface area contributed by atoms with Gasteiger partial charge in [0.05, 0.1) is 13.2 Å². The fourth-order valence-corrected chi connectivity index (χ4v) is 2.75. The minimum atomic E-state index is 0.0571. The molecule has 1 saturated heterocycles. The molecule has 1 amide bonds. The molecular weight excluding hydrogens is 280 g/mol. The van der Waals surface area contributed by atoms with Crippen LogP contribution >= 0.6 is 0 Å². The third-order valence-corrected chi connectivity index (χ3v) is 3.80. The normalized spacial score (nSPS) is 19.8. The number of hydrogen-bond acceptors (Lipinski definition) is 5. The SMILES string of the molecule is COC[C@H](C)NC(=O)CN1CC[C@H](CNc2ccccn2)C1. The zero-order chi connectivity index (χ0) is 15.8. The number of amides is 1. The largest absolute Gasteiger partial charge is 0.383 e. The van der Waals surface area contributed by atoms with Gasteiger partial charge in [-0.1, -0.05) is 6.07 Å². The molecule has 0 aromatic carbocycles. The summed E-state index contributed by atoms with van der Waals surface area (Å²) in [6.45, 7) is 5.78. The smallest absolute Gasteiger partial charge is 0.234 e. The van der Waals surface area contributed by atoms with Crippen molar-refractivity contribution in [1.29, 1.82) is 0 Å². The van der Waals surface area contributed by atoms with Crippen LogP contribution in [-0.4, -0.2) is 61.7 Å². The summed E-state index contributed by atoms with van der Waals surface area (Å²) < 4.78 is 5.02. The number of likely N-dealkylation sites (tertiary alicyclic amines) is 1. The van der Waals surface area contributed by atoms with E-state index < -0.39 is 0 Å². The van der Waals surface area contributed by atoms with Crippen LogP contribution < -0.4 is 10.6 Å². The molecule has 0 bridgehead atoms.